The molecule has 0 fully saturated rings. The summed E-state index contributed by atoms with van der Waals surface area (Å²) >= 11 is 1.38. The Balaban J connectivity index is 1.81. The standard InChI is InChI=1S/C21H19FN2O4S2/c1-28-16-8-7-15-19(14-9-10-29-20(14)21(25)23-15)18(16)13-5-3-12(4-6-13)11-17(22)24-30(2,26)27/h3-10,17,24H,11H2,1-2H3,(H,23,25). The molecule has 30 heavy (non-hydrogen) atoms. The van der Waals surface area contributed by atoms with Gasteiger partial charge in [0.15, 0.2) is 6.30 Å². The van der Waals surface area contributed by atoms with E-state index in [1.54, 1.807) is 25.3 Å². The predicted molar refractivity (Wildman–Crippen MR) is 119 cm³/mol. The summed E-state index contributed by atoms with van der Waals surface area (Å²) in [4.78, 5) is 15.3. The molecule has 156 valence electrons. The second kappa shape index (κ2) is 7.82. The van der Waals surface area contributed by atoms with Crippen LogP contribution in [0.15, 0.2) is 52.6 Å². The van der Waals surface area contributed by atoms with Crippen LogP contribution in [0.1, 0.15) is 5.56 Å². The summed E-state index contributed by atoms with van der Waals surface area (Å²) in [6, 6.07) is 12.7. The highest BCUT2D eigenvalue weighted by molar-refractivity contribution is 7.88. The lowest BCUT2D eigenvalue weighted by molar-refractivity contribution is 0.313. The van der Waals surface area contributed by atoms with Crippen LogP contribution in [0.25, 0.3) is 32.1 Å². The van der Waals surface area contributed by atoms with Crippen molar-refractivity contribution in [2.45, 2.75) is 12.7 Å². The molecule has 0 aliphatic heterocycles. The van der Waals surface area contributed by atoms with E-state index in [0.29, 0.717) is 21.5 Å². The Hall–Kier alpha value is -2.75. The minimum Gasteiger partial charge on any atom is -0.496 e. The number of sulfonamides is 1. The fourth-order valence-electron chi connectivity index (χ4n) is 3.57. The summed E-state index contributed by atoms with van der Waals surface area (Å²) in [7, 11) is -2.03. The molecule has 1 unspecified atom stereocenters. The third kappa shape index (κ3) is 3.96. The number of benzene rings is 2. The molecule has 4 rings (SSSR count). The number of hydrogen-bond acceptors (Lipinski definition) is 5. The summed E-state index contributed by atoms with van der Waals surface area (Å²) < 4.78 is 44.5. The van der Waals surface area contributed by atoms with Crippen molar-refractivity contribution in [3.8, 4) is 16.9 Å². The average Bonchev–Trinajstić information content (AvgIpc) is 3.17. The Bertz CT molecular complexity index is 1390. The van der Waals surface area contributed by atoms with Gasteiger partial charge in [0.2, 0.25) is 10.0 Å². The zero-order valence-electron chi connectivity index (χ0n) is 16.2. The van der Waals surface area contributed by atoms with E-state index < -0.39 is 16.3 Å². The van der Waals surface area contributed by atoms with Crippen molar-refractivity contribution in [1.29, 1.82) is 0 Å². The fraction of sp³-hybridized carbons (Fsp3) is 0.190. The third-order valence-electron chi connectivity index (χ3n) is 4.78. The molecule has 0 spiro atoms. The molecule has 6 nitrogen and oxygen atoms in total. The van der Waals surface area contributed by atoms with Crippen molar-refractivity contribution in [2.24, 2.45) is 0 Å². The van der Waals surface area contributed by atoms with Gasteiger partial charge in [-0.25, -0.2) is 12.8 Å². The zero-order valence-corrected chi connectivity index (χ0v) is 17.9. The van der Waals surface area contributed by atoms with Gasteiger partial charge in [-0.1, -0.05) is 24.3 Å². The van der Waals surface area contributed by atoms with Gasteiger partial charge in [0.05, 0.1) is 13.4 Å². The monoisotopic (exact) mass is 446 g/mol. The van der Waals surface area contributed by atoms with Crippen molar-refractivity contribution in [3.05, 3.63) is 63.8 Å². The molecule has 2 aromatic carbocycles. The van der Waals surface area contributed by atoms with Crippen LogP contribution in [0.5, 0.6) is 5.75 Å². The van der Waals surface area contributed by atoms with Crippen LogP contribution in [0.4, 0.5) is 4.39 Å². The lowest BCUT2D eigenvalue weighted by atomic mass is 9.96. The average molecular weight is 447 g/mol. The number of rotatable bonds is 6. The van der Waals surface area contributed by atoms with Crippen molar-refractivity contribution >= 4 is 42.3 Å². The van der Waals surface area contributed by atoms with Gasteiger partial charge in [0.1, 0.15) is 10.4 Å². The number of fused-ring (bicyclic) bond motifs is 3. The Kier molecular flexibility index (Phi) is 5.35. The van der Waals surface area contributed by atoms with E-state index in [-0.39, 0.29) is 12.0 Å². The third-order valence-corrected chi connectivity index (χ3v) is 6.37. The van der Waals surface area contributed by atoms with Crippen molar-refractivity contribution in [2.75, 3.05) is 13.4 Å². The molecule has 0 radical (unpaired) electrons. The molecule has 9 heteroatoms. The Morgan fingerprint density at radius 3 is 2.57 bits per heavy atom. The van der Waals surface area contributed by atoms with E-state index in [9.17, 15) is 17.6 Å². The summed E-state index contributed by atoms with van der Waals surface area (Å²) in [6.45, 7) is 0. The molecule has 0 aliphatic carbocycles. The number of aromatic amines is 1. The number of nitrogens with one attached hydrogen (secondary N) is 2. The van der Waals surface area contributed by atoms with Gasteiger partial charge in [-0.2, -0.15) is 4.72 Å². The van der Waals surface area contributed by atoms with Crippen molar-refractivity contribution in [3.63, 3.8) is 0 Å². The molecule has 2 heterocycles. The number of thiophene rings is 1. The van der Waals surface area contributed by atoms with E-state index in [1.807, 2.05) is 34.4 Å². The van der Waals surface area contributed by atoms with Crippen LogP contribution < -0.4 is 15.0 Å². The maximum absolute atomic E-state index is 14.0. The first-order valence-corrected chi connectivity index (χ1v) is 11.8. The molecular formula is C21H19FN2O4S2. The maximum atomic E-state index is 14.0. The SMILES string of the molecule is COc1ccc2[nH]c(=O)c3sccc3c2c1-c1ccc(CC(F)NS(C)(=O)=O)cc1. The van der Waals surface area contributed by atoms with E-state index in [2.05, 4.69) is 4.98 Å². The van der Waals surface area contributed by atoms with Crippen LogP contribution in [0.2, 0.25) is 0 Å². The highest BCUT2D eigenvalue weighted by atomic mass is 32.2. The Morgan fingerprint density at radius 2 is 1.90 bits per heavy atom. The second-order valence-corrected chi connectivity index (χ2v) is 9.64. The molecule has 1 atom stereocenters. The molecule has 2 aromatic heterocycles. The van der Waals surface area contributed by atoms with Gasteiger partial charge >= 0.3 is 0 Å². The number of pyridine rings is 1. The molecule has 0 saturated heterocycles. The van der Waals surface area contributed by atoms with E-state index in [0.717, 1.165) is 28.2 Å². The van der Waals surface area contributed by atoms with Gasteiger partial charge in [-0.05, 0) is 34.7 Å². The topological polar surface area (TPSA) is 88.3 Å². The van der Waals surface area contributed by atoms with Gasteiger partial charge in [0, 0.05) is 28.3 Å². The lowest BCUT2D eigenvalue weighted by Gasteiger charge is -2.14. The quantitative estimate of drug-likeness (QED) is 0.441. The predicted octanol–water partition coefficient (Wildman–Crippen LogP) is 3.81. The minimum absolute atomic E-state index is 0.0812. The zero-order chi connectivity index (χ0) is 21.5. The van der Waals surface area contributed by atoms with E-state index >= 15 is 0 Å². The minimum atomic E-state index is -3.62. The van der Waals surface area contributed by atoms with Crippen molar-refractivity contribution in [1.82, 2.24) is 9.71 Å². The summed E-state index contributed by atoms with van der Waals surface area (Å²) in [5.74, 6) is 0.650. The van der Waals surface area contributed by atoms with Crippen LogP contribution in [0.3, 0.4) is 0 Å². The first kappa shape index (κ1) is 20.5. The normalized spacial score (nSPS) is 13.0. The highest BCUT2D eigenvalue weighted by Crippen LogP contribution is 2.40. The highest BCUT2D eigenvalue weighted by Gasteiger charge is 2.17. The van der Waals surface area contributed by atoms with Crippen LogP contribution in [-0.4, -0.2) is 33.1 Å². The van der Waals surface area contributed by atoms with Crippen molar-refractivity contribution < 1.29 is 17.5 Å². The van der Waals surface area contributed by atoms with Crippen LogP contribution in [-0.2, 0) is 16.4 Å². The first-order chi connectivity index (χ1) is 14.3. The molecule has 2 N–H and O–H groups in total. The van der Waals surface area contributed by atoms with E-state index in [1.165, 1.54) is 11.3 Å². The van der Waals surface area contributed by atoms with Gasteiger partial charge in [-0.15, -0.1) is 11.3 Å². The largest absolute Gasteiger partial charge is 0.496 e. The Morgan fingerprint density at radius 1 is 1.17 bits per heavy atom. The lowest BCUT2D eigenvalue weighted by Crippen LogP contribution is -2.32. The molecule has 4 aromatic rings. The summed E-state index contributed by atoms with van der Waals surface area (Å²) in [6.07, 6.45) is -0.860. The number of H-pyrrole nitrogens is 1. The van der Waals surface area contributed by atoms with Gasteiger partial charge < -0.3 is 9.72 Å². The number of ether oxygens (including phenoxy) is 1. The first-order valence-electron chi connectivity index (χ1n) is 9.07. The van der Waals surface area contributed by atoms with Gasteiger partial charge in [0.25, 0.3) is 5.56 Å². The fourth-order valence-corrected chi connectivity index (χ4v) is 4.92. The number of aromatic nitrogens is 1. The van der Waals surface area contributed by atoms with E-state index in [4.69, 9.17) is 4.74 Å². The maximum Gasteiger partial charge on any atom is 0.266 e. The van der Waals surface area contributed by atoms with Gasteiger partial charge in [-0.3, -0.25) is 4.79 Å². The molecule has 0 saturated carbocycles. The summed E-state index contributed by atoms with van der Waals surface area (Å²) in [5.41, 5.74) is 2.88. The number of alkyl halides is 1. The molecule has 0 amide bonds. The number of hydrogen-bond donors (Lipinski definition) is 2. The van der Waals surface area contributed by atoms with Crippen LogP contribution in [0, 0.1) is 0 Å². The van der Waals surface area contributed by atoms with Crippen LogP contribution >= 0.6 is 11.3 Å². The number of halogens is 1. The second-order valence-electron chi connectivity index (χ2n) is 6.94. The molecular weight excluding hydrogens is 427 g/mol. The summed E-state index contributed by atoms with van der Waals surface area (Å²) in [5, 5.41) is 3.60. The molecule has 0 aliphatic rings. The number of methoxy groups -OCH3 is 1. The Labute approximate surface area is 176 Å². The molecule has 0 bridgehead atoms. The smallest absolute Gasteiger partial charge is 0.266 e.